The van der Waals surface area contributed by atoms with Crippen molar-refractivity contribution >= 4 is 0 Å². The molecule has 1 N–H and O–H groups in total. The van der Waals surface area contributed by atoms with Gasteiger partial charge < -0.3 is 5.11 Å². The van der Waals surface area contributed by atoms with Crippen molar-refractivity contribution in [2.45, 2.75) is 13.0 Å². The third kappa shape index (κ3) is 1.20. The number of hydrogen-bond acceptors (Lipinski definition) is 1. The molecule has 0 unspecified atom stereocenters. The Morgan fingerprint density at radius 2 is 1.62 bits per heavy atom. The summed E-state index contributed by atoms with van der Waals surface area (Å²) >= 11 is 0. The quantitative estimate of drug-likeness (QED) is 0.463. The third-order valence-corrected chi connectivity index (χ3v) is 1.22. The fraction of sp³-hybridized carbons (Fsp3) is 0.429. The summed E-state index contributed by atoms with van der Waals surface area (Å²) in [5.41, 5.74) is 0. The average Bonchev–Trinajstić information content (AvgIpc) is 1.77. The van der Waals surface area contributed by atoms with E-state index in [2.05, 4.69) is 6.92 Å². The monoisotopic (exact) mass is 110 g/mol. The minimum Gasteiger partial charge on any atom is -0.385 e. The molecule has 1 rings (SSSR count). The molecule has 1 nitrogen and oxygen atoms in total. The van der Waals surface area contributed by atoms with Crippen molar-refractivity contribution in [3.8, 4) is 0 Å². The molecular weight excluding hydrogens is 100 g/mol. The SMILES string of the molecule is CC1C=CC(O)C=C1. The minimum atomic E-state index is -0.341. The van der Waals surface area contributed by atoms with Gasteiger partial charge in [-0.2, -0.15) is 0 Å². The normalized spacial score (nSPS) is 35.8. The van der Waals surface area contributed by atoms with Gasteiger partial charge in [0.1, 0.15) is 0 Å². The van der Waals surface area contributed by atoms with Crippen LogP contribution in [0, 0.1) is 5.92 Å². The van der Waals surface area contributed by atoms with Gasteiger partial charge in [-0.1, -0.05) is 31.2 Å². The van der Waals surface area contributed by atoms with Crippen LogP contribution in [0.2, 0.25) is 0 Å². The van der Waals surface area contributed by atoms with E-state index in [4.69, 9.17) is 5.11 Å². The van der Waals surface area contributed by atoms with Crippen LogP contribution in [0.15, 0.2) is 24.3 Å². The van der Waals surface area contributed by atoms with Crippen molar-refractivity contribution in [3.63, 3.8) is 0 Å². The fourth-order valence-electron chi connectivity index (χ4n) is 0.707. The van der Waals surface area contributed by atoms with Crippen LogP contribution in [0.5, 0.6) is 0 Å². The van der Waals surface area contributed by atoms with E-state index in [9.17, 15) is 0 Å². The summed E-state index contributed by atoms with van der Waals surface area (Å²) in [5, 5.41) is 8.85. The summed E-state index contributed by atoms with van der Waals surface area (Å²) in [7, 11) is 0. The van der Waals surface area contributed by atoms with Crippen molar-refractivity contribution in [2.24, 2.45) is 5.92 Å². The van der Waals surface area contributed by atoms with Crippen LogP contribution in [-0.2, 0) is 0 Å². The Bertz CT molecular complexity index is 96.3. The summed E-state index contributed by atoms with van der Waals surface area (Å²) in [4.78, 5) is 0. The molecule has 1 aliphatic rings. The number of rotatable bonds is 0. The maximum absolute atomic E-state index is 8.85. The van der Waals surface area contributed by atoms with Gasteiger partial charge in [-0.3, -0.25) is 0 Å². The molecule has 0 aliphatic heterocycles. The zero-order valence-corrected chi connectivity index (χ0v) is 4.91. The molecule has 1 heteroatoms. The average molecular weight is 110 g/mol. The Kier molecular flexibility index (Phi) is 1.49. The third-order valence-electron chi connectivity index (χ3n) is 1.22. The van der Waals surface area contributed by atoms with Gasteiger partial charge in [0.2, 0.25) is 0 Å². The van der Waals surface area contributed by atoms with Crippen molar-refractivity contribution in [1.29, 1.82) is 0 Å². The second-order valence-corrected chi connectivity index (χ2v) is 2.12. The smallest absolute Gasteiger partial charge is 0.0903 e. The first-order valence-corrected chi connectivity index (χ1v) is 2.84. The summed E-state index contributed by atoms with van der Waals surface area (Å²) in [6, 6.07) is 0. The molecule has 0 atom stereocenters. The Hall–Kier alpha value is -0.560. The summed E-state index contributed by atoms with van der Waals surface area (Å²) in [5.74, 6) is 0.499. The molecule has 0 saturated heterocycles. The van der Waals surface area contributed by atoms with Gasteiger partial charge in [0.15, 0.2) is 0 Å². The molecule has 0 amide bonds. The van der Waals surface area contributed by atoms with Gasteiger partial charge >= 0.3 is 0 Å². The van der Waals surface area contributed by atoms with E-state index in [0.29, 0.717) is 5.92 Å². The lowest BCUT2D eigenvalue weighted by atomic mass is 10.0. The zero-order chi connectivity index (χ0) is 5.98. The highest BCUT2D eigenvalue weighted by atomic mass is 16.3. The van der Waals surface area contributed by atoms with Crippen molar-refractivity contribution < 1.29 is 5.11 Å². The second kappa shape index (κ2) is 2.14. The van der Waals surface area contributed by atoms with Crippen LogP contribution < -0.4 is 0 Å². The van der Waals surface area contributed by atoms with Crippen molar-refractivity contribution in [1.82, 2.24) is 0 Å². The lowest BCUT2D eigenvalue weighted by Crippen LogP contribution is -2.02. The van der Waals surface area contributed by atoms with Crippen LogP contribution in [0.4, 0.5) is 0 Å². The molecule has 0 spiro atoms. The van der Waals surface area contributed by atoms with E-state index in [-0.39, 0.29) is 6.10 Å². The first-order valence-electron chi connectivity index (χ1n) is 2.84. The van der Waals surface area contributed by atoms with E-state index in [1.54, 1.807) is 12.2 Å². The number of aliphatic hydroxyl groups is 1. The van der Waals surface area contributed by atoms with Gasteiger partial charge in [-0.15, -0.1) is 0 Å². The highest BCUT2D eigenvalue weighted by molar-refractivity contribution is 5.12. The largest absolute Gasteiger partial charge is 0.385 e. The van der Waals surface area contributed by atoms with Gasteiger partial charge in [-0.05, 0) is 5.92 Å². The molecule has 0 radical (unpaired) electrons. The van der Waals surface area contributed by atoms with Gasteiger partial charge in [0, 0.05) is 0 Å². The molecule has 0 aromatic heterocycles. The highest BCUT2D eigenvalue weighted by Gasteiger charge is 1.99. The second-order valence-electron chi connectivity index (χ2n) is 2.12. The Morgan fingerprint density at radius 3 is 2.00 bits per heavy atom. The summed E-state index contributed by atoms with van der Waals surface area (Å²) < 4.78 is 0. The molecule has 0 saturated carbocycles. The first kappa shape index (κ1) is 5.57. The standard InChI is InChI=1S/C7H10O/c1-6-2-4-7(8)5-3-6/h2-8H,1H3. The van der Waals surface area contributed by atoms with Crippen LogP contribution in [-0.4, -0.2) is 11.2 Å². The zero-order valence-electron chi connectivity index (χ0n) is 4.91. The molecule has 0 bridgehead atoms. The van der Waals surface area contributed by atoms with Crippen LogP contribution in [0.1, 0.15) is 6.92 Å². The molecule has 44 valence electrons. The molecular formula is C7H10O. The predicted molar refractivity (Wildman–Crippen MR) is 33.5 cm³/mol. The fourth-order valence-corrected chi connectivity index (χ4v) is 0.707. The van der Waals surface area contributed by atoms with E-state index >= 15 is 0 Å². The first-order chi connectivity index (χ1) is 3.79. The van der Waals surface area contributed by atoms with Gasteiger partial charge in [0.05, 0.1) is 6.10 Å². The number of hydrogen-bond donors (Lipinski definition) is 1. The van der Waals surface area contributed by atoms with E-state index in [1.165, 1.54) is 0 Å². The molecule has 0 aromatic rings. The molecule has 0 fully saturated rings. The minimum absolute atomic E-state index is 0.341. The molecule has 1 aliphatic carbocycles. The topological polar surface area (TPSA) is 20.2 Å². The molecule has 0 aromatic carbocycles. The van der Waals surface area contributed by atoms with Crippen molar-refractivity contribution in [2.75, 3.05) is 0 Å². The van der Waals surface area contributed by atoms with Crippen molar-refractivity contribution in [3.05, 3.63) is 24.3 Å². The maximum atomic E-state index is 8.85. The highest BCUT2D eigenvalue weighted by Crippen LogP contribution is 2.07. The predicted octanol–water partition coefficient (Wildman–Crippen LogP) is 1.11. The van der Waals surface area contributed by atoms with E-state index in [1.807, 2.05) is 12.2 Å². The Morgan fingerprint density at radius 1 is 1.12 bits per heavy atom. The summed E-state index contributed by atoms with van der Waals surface area (Å²) in [6.07, 6.45) is 7.23. The van der Waals surface area contributed by atoms with Crippen LogP contribution >= 0.6 is 0 Å². The van der Waals surface area contributed by atoms with Gasteiger partial charge in [0.25, 0.3) is 0 Å². The number of aliphatic hydroxyl groups excluding tert-OH is 1. The Labute approximate surface area is 49.3 Å². The maximum Gasteiger partial charge on any atom is 0.0903 e. The molecule has 8 heavy (non-hydrogen) atoms. The lowest BCUT2D eigenvalue weighted by Gasteiger charge is -2.06. The molecule has 0 heterocycles. The van der Waals surface area contributed by atoms with E-state index in [0.717, 1.165) is 0 Å². The van der Waals surface area contributed by atoms with E-state index < -0.39 is 0 Å². The Balaban J connectivity index is 2.54. The van der Waals surface area contributed by atoms with Gasteiger partial charge in [-0.25, -0.2) is 0 Å². The van der Waals surface area contributed by atoms with Crippen LogP contribution in [0.25, 0.3) is 0 Å². The van der Waals surface area contributed by atoms with Crippen LogP contribution in [0.3, 0.4) is 0 Å². The number of allylic oxidation sites excluding steroid dienone is 2. The summed E-state index contributed by atoms with van der Waals surface area (Å²) in [6.45, 7) is 2.08. The lowest BCUT2D eigenvalue weighted by molar-refractivity contribution is 0.268.